The number of rotatable bonds is 4. The van der Waals surface area contributed by atoms with E-state index in [4.69, 9.17) is 10.1 Å². The lowest BCUT2D eigenvalue weighted by molar-refractivity contribution is 0.482. The normalized spacial score (nSPS) is 12.3. The Kier molecular flexibility index (Phi) is 2.57. The molecule has 0 saturated carbocycles. The summed E-state index contributed by atoms with van der Waals surface area (Å²) >= 11 is 0. The fraction of sp³-hybridized carbons (Fsp3) is 0. The molecule has 1 aliphatic rings. The zero-order valence-corrected chi connectivity index (χ0v) is 9.68. The standard InChI is InChI=1S/C15H12N2O/c16-15(14-10-17-14)11-6-8-13(9-7-11)18-12-4-2-1-3-5-12/h1-10,16-17H. The number of benzene rings is 2. The molecule has 18 heavy (non-hydrogen) atoms. The van der Waals surface area contributed by atoms with Gasteiger partial charge >= 0.3 is 0 Å². The Morgan fingerprint density at radius 1 is 0.889 bits per heavy atom. The lowest BCUT2D eigenvalue weighted by Gasteiger charge is -2.06. The monoisotopic (exact) mass is 236 g/mol. The molecule has 2 N–H and O–H groups in total. The van der Waals surface area contributed by atoms with E-state index in [0.717, 1.165) is 22.8 Å². The van der Waals surface area contributed by atoms with Gasteiger partial charge in [0, 0.05) is 11.8 Å². The Balaban J connectivity index is 1.75. The average molecular weight is 236 g/mol. The molecule has 0 aliphatic carbocycles. The second-order valence-corrected chi connectivity index (χ2v) is 4.02. The molecule has 0 fully saturated rings. The van der Waals surface area contributed by atoms with Crippen molar-refractivity contribution in [3.8, 4) is 11.5 Å². The molecule has 1 aliphatic heterocycles. The summed E-state index contributed by atoms with van der Waals surface area (Å²) in [5.74, 6) is 1.59. The SMILES string of the molecule is N=C(C1=CN1)c1ccc(Oc2ccccc2)cc1. The van der Waals surface area contributed by atoms with Crippen molar-refractivity contribution in [1.29, 1.82) is 5.41 Å². The van der Waals surface area contributed by atoms with Crippen LogP contribution in [0.2, 0.25) is 0 Å². The van der Waals surface area contributed by atoms with Crippen LogP contribution in [0.25, 0.3) is 0 Å². The van der Waals surface area contributed by atoms with Crippen LogP contribution in [0.1, 0.15) is 5.56 Å². The van der Waals surface area contributed by atoms with Crippen molar-refractivity contribution in [2.24, 2.45) is 0 Å². The van der Waals surface area contributed by atoms with Crippen molar-refractivity contribution in [3.63, 3.8) is 0 Å². The molecule has 1 heterocycles. The van der Waals surface area contributed by atoms with Gasteiger partial charge in [-0.25, -0.2) is 0 Å². The number of hydrogen-bond acceptors (Lipinski definition) is 3. The van der Waals surface area contributed by atoms with E-state index in [2.05, 4.69) is 5.32 Å². The van der Waals surface area contributed by atoms with Crippen LogP contribution in [-0.2, 0) is 0 Å². The van der Waals surface area contributed by atoms with Gasteiger partial charge in [0.05, 0.1) is 11.4 Å². The molecular formula is C15H12N2O. The van der Waals surface area contributed by atoms with Crippen LogP contribution in [0.4, 0.5) is 0 Å². The van der Waals surface area contributed by atoms with Crippen molar-refractivity contribution in [2.45, 2.75) is 0 Å². The maximum Gasteiger partial charge on any atom is 0.127 e. The van der Waals surface area contributed by atoms with Crippen molar-refractivity contribution in [1.82, 2.24) is 5.32 Å². The van der Waals surface area contributed by atoms with Crippen molar-refractivity contribution >= 4 is 5.71 Å². The summed E-state index contributed by atoms with van der Waals surface area (Å²) in [5.41, 5.74) is 2.28. The Bertz CT molecular complexity index is 600. The maximum atomic E-state index is 7.87. The molecule has 0 amide bonds. The van der Waals surface area contributed by atoms with Gasteiger partial charge in [0.25, 0.3) is 0 Å². The third kappa shape index (κ3) is 2.25. The van der Waals surface area contributed by atoms with Gasteiger partial charge in [-0.05, 0) is 36.4 Å². The second-order valence-electron chi connectivity index (χ2n) is 4.02. The Labute approximate surface area is 105 Å². The maximum absolute atomic E-state index is 7.87. The van der Waals surface area contributed by atoms with E-state index in [-0.39, 0.29) is 0 Å². The topological polar surface area (TPSA) is 55.0 Å². The summed E-state index contributed by atoms with van der Waals surface area (Å²) in [4.78, 5) is 0. The molecule has 0 bridgehead atoms. The van der Waals surface area contributed by atoms with Gasteiger partial charge in [0.2, 0.25) is 0 Å². The summed E-state index contributed by atoms with van der Waals surface area (Å²) in [5, 5.41) is 10.8. The number of hydrogen-bond donors (Lipinski definition) is 2. The summed E-state index contributed by atoms with van der Waals surface area (Å²) in [6.45, 7) is 0. The zero-order chi connectivity index (χ0) is 12.4. The molecule has 0 saturated heterocycles. The van der Waals surface area contributed by atoms with Crippen LogP contribution in [0, 0.1) is 5.41 Å². The van der Waals surface area contributed by atoms with E-state index in [9.17, 15) is 0 Å². The minimum absolute atomic E-state index is 0.515. The first-order chi connectivity index (χ1) is 8.83. The van der Waals surface area contributed by atoms with Crippen LogP contribution in [0.5, 0.6) is 11.5 Å². The first-order valence-corrected chi connectivity index (χ1v) is 5.72. The smallest absolute Gasteiger partial charge is 0.127 e. The minimum Gasteiger partial charge on any atom is -0.457 e. The van der Waals surface area contributed by atoms with Gasteiger partial charge in [-0.3, -0.25) is 5.41 Å². The van der Waals surface area contributed by atoms with E-state index in [1.807, 2.05) is 60.8 Å². The third-order valence-corrected chi connectivity index (χ3v) is 2.68. The van der Waals surface area contributed by atoms with Gasteiger partial charge < -0.3 is 10.1 Å². The lowest BCUT2D eigenvalue weighted by Crippen LogP contribution is -2.00. The molecule has 3 rings (SSSR count). The highest BCUT2D eigenvalue weighted by Crippen LogP contribution is 2.22. The van der Waals surface area contributed by atoms with Crippen LogP contribution < -0.4 is 10.1 Å². The molecule has 0 aromatic heterocycles. The van der Waals surface area contributed by atoms with Crippen LogP contribution >= 0.6 is 0 Å². The van der Waals surface area contributed by atoms with E-state index in [1.54, 1.807) is 0 Å². The van der Waals surface area contributed by atoms with E-state index in [0.29, 0.717) is 5.71 Å². The summed E-state index contributed by atoms with van der Waals surface area (Å²) in [6, 6.07) is 17.2. The van der Waals surface area contributed by atoms with Crippen molar-refractivity contribution < 1.29 is 4.74 Å². The predicted octanol–water partition coefficient (Wildman–Crippen LogP) is 3.29. The van der Waals surface area contributed by atoms with Gasteiger partial charge in [-0.2, -0.15) is 0 Å². The van der Waals surface area contributed by atoms with Gasteiger partial charge in [0.1, 0.15) is 11.5 Å². The fourth-order valence-corrected chi connectivity index (χ4v) is 1.65. The summed E-state index contributed by atoms with van der Waals surface area (Å²) < 4.78 is 5.69. The Morgan fingerprint density at radius 3 is 2.11 bits per heavy atom. The van der Waals surface area contributed by atoms with Crippen LogP contribution in [-0.4, -0.2) is 5.71 Å². The lowest BCUT2D eigenvalue weighted by atomic mass is 10.1. The largest absolute Gasteiger partial charge is 0.457 e. The average Bonchev–Trinajstić information content (AvgIpc) is 3.24. The molecule has 0 spiro atoms. The highest BCUT2D eigenvalue weighted by Gasteiger charge is 2.14. The van der Waals surface area contributed by atoms with Gasteiger partial charge in [-0.1, -0.05) is 18.2 Å². The van der Waals surface area contributed by atoms with E-state index < -0.39 is 0 Å². The number of allylic oxidation sites excluding steroid dienone is 1. The fourth-order valence-electron chi connectivity index (χ4n) is 1.65. The molecule has 0 radical (unpaired) electrons. The first-order valence-electron chi connectivity index (χ1n) is 5.72. The van der Waals surface area contributed by atoms with E-state index in [1.165, 1.54) is 0 Å². The quantitative estimate of drug-likeness (QED) is 0.800. The number of ether oxygens (including phenoxy) is 1. The van der Waals surface area contributed by atoms with Crippen molar-refractivity contribution in [2.75, 3.05) is 0 Å². The van der Waals surface area contributed by atoms with E-state index >= 15 is 0 Å². The highest BCUT2D eigenvalue weighted by molar-refractivity contribution is 6.12. The Morgan fingerprint density at radius 2 is 1.50 bits per heavy atom. The molecule has 3 nitrogen and oxygen atoms in total. The minimum atomic E-state index is 0.515. The second kappa shape index (κ2) is 4.37. The molecule has 88 valence electrons. The molecule has 0 unspecified atom stereocenters. The highest BCUT2D eigenvalue weighted by atomic mass is 16.5. The van der Waals surface area contributed by atoms with Gasteiger partial charge in [0.15, 0.2) is 0 Å². The van der Waals surface area contributed by atoms with Crippen LogP contribution in [0.15, 0.2) is 66.5 Å². The Hall–Kier alpha value is -2.55. The van der Waals surface area contributed by atoms with Gasteiger partial charge in [-0.15, -0.1) is 0 Å². The summed E-state index contributed by atoms with van der Waals surface area (Å²) in [7, 11) is 0. The molecule has 3 heteroatoms. The van der Waals surface area contributed by atoms with Crippen LogP contribution in [0.3, 0.4) is 0 Å². The molecule has 0 atom stereocenters. The number of nitrogens with one attached hydrogen (secondary N) is 2. The molecular weight excluding hydrogens is 224 g/mol. The molecule has 2 aromatic carbocycles. The first kappa shape index (κ1) is 10.6. The summed E-state index contributed by atoms with van der Waals surface area (Å²) in [6.07, 6.45) is 1.82. The number of para-hydroxylation sites is 1. The molecule has 2 aromatic rings. The zero-order valence-electron chi connectivity index (χ0n) is 9.68. The van der Waals surface area contributed by atoms with Crippen molar-refractivity contribution in [3.05, 3.63) is 72.1 Å². The third-order valence-electron chi connectivity index (χ3n) is 2.68. The predicted molar refractivity (Wildman–Crippen MR) is 71.0 cm³/mol.